The number of nitrogens with zero attached hydrogens (tertiary/aromatic N) is 5. The molecular weight excluding hydrogens is 380 g/mol. The molecule has 2 fully saturated rings. The number of nitrogens with two attached hydrogens (primary N) is 1. The Morgan fingerprint density at radius 2 is 1.97 bits per heavy atom. The summed E-state index contributed by atoms with van der Waals surface area (Å²) < 4.78 is 7.48. The monoisotopic (exact) mass is 404 g/mol. The van der Waals surface area contributed by atoms with E-state index in [0.29, 0.717) is 29.3 Å². The van der Waals surface area contributed by atoms with E-state index in [2.05, 4.69) is 32.2 Å². The Labute approximate surface area is 173 Å². The van der Waals surface area contributed by atoms with Crippen molar-refractivity contribution in [3.8, 4) is 11.3 Å². The Bertz CT molecular complexity index is 1160. The fraction of sp³-hybridized carbons (Fsp3) is 0.455. The van der Waals surface area contributed by atoms with Crippen LogP contribution in [-0.4, -0.2) is 37.7 Å². The standard InChI is InChI=1S/C22H24N6O2/c23-21-7-18(24-12-25-21)15-4-19-16-3-13(9-28(19)22(29)5-15)8-27(10-16)11-17-6-20(30-26-17)14-1-2-14/h4-7,12-14,16H,1-3,8-11H2,(H2,23,24,25)/t13-,16+/m0/s1. The summed E-state index contributed by atoms with van der Waals surface area (Å²) >= 11 is 0. The molecule has 2 bridgehead atoms. The summed E-state index contributed by atoms with van der Waals surface area (Å²) in [6.07, 6.45) is 4.98. The lowest BCUT2D eigenvalue weighted by molar-refractivity contribution is 0.112. The molecule has 0 spiro atoms. The van der Waals surface area contributed by atoms with Crippen LogP contribution < -0.4 is 11.3 Å². The summed E-state index contributed by atoms with van der Waals surface area (Å²) in [6, 6.07) is 7.61. The van der Waals surface area contributed by atoms with Crippen LogP contribution in [0.5, 0.6) is 0 Å². The Morgan fingerprint density at radius 1 is 1.07 bits per heavy atom. The van der Waals surface area contributed by atoms with Crippen LogP contribution in [0, 0.1) is 5.92 Å². The first-order chi connectivity index (χ1) is 14.6. The van der Waals surface area contributed by atoms with Crippen molar-refractivity contribution >= 4 is 5.82 Å². The van der Waals surface area contributed by atoms with Crippen LogP contribution in [0.2, 0.25) is 0 Å². The smallest absolute Gasteiger partial charge is 0.251 e. The number of anilines is 1. The topological polar surface area (TPSA) is 103 Å². The Morgan fingerprint density at radius 3 is 2.80 bits per heavy atom. The quantitative estimate of drug-likeness (QED) is 0.712. The van der Waals surface area contributed by atoms with Crippen LogP contribution in [0.4, 0.5) is 5.82 Å². The van der Waals surface area contributed by atoms with E-state index in [-0.39, 0.29) is 5.56 Å². The lowest BCUT2D eigenvalue weighted by Gasteiger charge is -2.42. The number of rotatable bonds is 4. The molecule has 30 heavy (non-hydrogen) atoms. The van der Waals surface area contributed by atoms with E-state index in [0.717, 1.165) is 55.3 Å². The third-order valence-corrected chi connectivity index (χ3v) is 6.56. The molecule has 154 valence electrons. The molecule has 2 N–H and O–H groups in total. The summed E-state index contributed by atoms with van der Waals surface area (Å²) in [5.41, 5.74) is 9.45. The van der Waals surface area contributed by atoms with E-state index in [1.165, 1.54) is 19.2 Å². The van der Waals surface area contributed by atoms with Crippen LogP contribution in [0.15, 0.2) is 39.9 Å². The zero-order valence-electron chi connectivity index (χ0n) is 16.7. The molecule has 0 unspecified atom stereocenters. The van der Waals surface area contributed by atoms with Gasteiger partial charge in [-0.05, 0) is 31.2 Å². The molecule has 0 radical (unpaired) electrons. The van der Waals surface area contributed by atoms with Crippen molar-refractivity contribution in [3.63, 3.8) is 0 Å². The number of fused-ring (bicyclic) bond motifs is 4. The predicted octanol–water partition coefficient (Wildman–Crippen LogP) is 2.37. The van der Waals surface area contributed by atoms with Gasteiger partial charge in [0.25, 0.3) is 5.56 Å². The first kappa shape index (κ1) is 17.8. The molecule has 3 aromatic rings. The number of piperidine rings is 1. The summed E-state index contributed by atoms with van der Waals surface area (Å²) in [5.74, 6) is 2.82. The second-order valence-electron chi connectivity index (χ2n) is 8.93. The number of pyridine rings is 1. The first-order valence-corrected chi connectivity index (χ1v) is 10.6. The molecule has 1 saturated carbocycles. The average Bonchev–Trinajstić information content (AvgIpc) is 3.48. The van der Waals surface area contributed by atoms with Gasteiger partial charge in [-0.3, -0.25) is 9.69 Å². The summed E-state index contributed by atoms with van der Waals surface area (Å²) in [4.78, 5) is 23.6. The molecule has 3 aromatic heterocycles. The van der Waals surface area contributed by atoms with Crippen LogP contribution in [0.1, 0.15) is 48.2 Å². The van der Waals surface area contributed by atoms with Crippen LogP contribution in [0.3, 0.4) is 0 Å². The highest BCUT2D eigenvalue weighted by Gasteiger charge is 2.35. The Balaban J connectivity index is 1.28. The van der Waals surface area contributed by atoms with Gasteiger partial charge in [0.05, 0.1) is 11.4 Å². The van der Waals surface area contributed by atoms with Gasteiger partial charge in [0, 0.05) is 67.5 Å². The molecule has 5 heterocycles. The molecule has 3 aliphatic rings. The Hall–Kier alpha value is -3.00. The van der Waals surface area contributed by atoms with Gasteiger partial charge in [-0.1, -0.05) is 5.16 Å². The van der Waals surface area contributed by atoms with Gasteiger partial charge in [0.1, 0.15) is 17.9 Å². The maximum atomic E-state index is 12.9. The highest BCUT2D eigenvalue weighted by molar-refractivity contribution is 5.61. The molecule has 2 atom stereocenters. The highest BCUT2D eigenvalue weighted by Crippen LogP contribution is 2.41. The zero-order valence-corrected chi connectivity index (χ0v) is 16.7. The minimum atomic E-state index is 0.0356. The molecule has 2 aliphatic heterocycles. The molecule has 6 rings (SSSR count). The van der Waals surface area contributed by atoms with Crippen LogP contribution in [0.25, 0.3) is 11.3 Å². The molecule has 0 amide bonds. The van der Waals surface area contributed by atoms with E-state index >= 15 is 0 Å². The van der Waals surface area contributed by atoms with Gasteiger partial charge < -0.3 is 14.8 Å². The van der Waals surface area contributed by atoms with E-state index in [1.807, 2.05) is 4.57 Å². The molecule has 1 saturated heterocycles. The summed E-state index contributed by atoms with van der Waals surface area (Å²) in [6.45, 7) is 3.46. The fourth-order valence-corrected chi connectivity index (χ4v) is 5.06. The summed E-state index contributed by atoms with van der Waals surface area (Å²) in [5, 5.41) is 4.29. The number of likely N-dealkylation sites (tertiary alicyclic amines) is 1. The average molecular weight is 404 g/mol. The van der Waals surface area contributed by atoms with Crippen molar-refractivity contribution in [2.75, 3.05) is 18.8 Å². The third kappa shape index (κ3) is 3.21. The normalized spacial score (nSPS) is 23.3. The fourth-order valence-electron chi connectivity index (χ4n) is 5.06. The molecular formula is C22H24N6O2. The van der Waals surface area contributed by atoms with Crippen molar-refractivity contribution in [3.05, 3.63) is 58.1 Å². The predicted molar refractivity (Wildman–Crippen MR) is 111 cm³/mol. The SMILES string of the molecule is Nc1cc(-c2cc3n(c(=O)c2)C[C@H]2C[C@@H]3CN(Cc3cc(C4CC4)on3)C2)ncn1. The van der Waals surface area contributed by atoms with E-state index < -0.39 is 0 Å². The summed E-state index contributed by atoms with van der Waals surface area (Å²) in [7, 11) is 0. The van der Waals surface area contributed by atoms with Crippen LogP contribution in [-0.2, 0) is 13.1 Å². The maximum absolute atomic E-state index is 12.9. The van der Waals surface area contributed by atoms with Gasteiger partial charge in [-0.25, -0.2) is 9.97 Å². The van der Waals surface area contributed by atoms with E-state index in [4.69, 9.17) is 10.3 Å². The minimum Gasteiger partial charge on any atom is -0.384 e. The number of nitrogen functional groups attached to an aromatic ring is 1. The van der Waals surface area contributed by atoms with Gasteiger partial charge in [-0.15, -0.1) is 0 Å². The number of aromatic nitrogens is 4. The van der Waals surface area contributed by atoms with Gasteiger partial charge in [0.2, 0.25) is 0 Å². The number of hydrogen-bond acceptors (Lipinski definition) is 7. The minimum absolute atomic E-state index is 0.0356. The van der Waals surface area contributed by atoms with Gasteiger partial charge in [-0.2, -0.15) is 0 Å². The van der Waals surface area contributed by atoms with Crippen molar-refractivity contribution < 1.29 is 4.52 Å². The van der Waals surface area contributed by atoms with Crippen molar-refractivity contribution in [2.24, 2.45) is 5.92 Å². The molecule has 0 aromatic carbocycles. The van der Waals surface area contributed by atoms with Crippen molar-refractivity contribution in [1.29, 1.82) is 0 Å². The van der Waals surface area contributed by atoms with E-state index in [9.17, 15) is 4.79 Å². The maximum Gasteiger partial charge on any atom is 0.251 e. The first-order valence-electron chi connectivity index (χ1n) is 10.6. The van der Waals surface area contributed by atoms with Crippen molar-refractivity contribution in [1.82, 2.24) is 24.6 Å². The van der Waals surface area contributed by atoms with E-state index in [1.54, 1.807) is 12.1 Å². The van der Waals surface area contributed by atoms with Crippen LogP contribution >= 0.6 is 0 Å². The zero-order chi connectivity index (χ0) is 20.2. The second kappa shape index (κ2) is 6.77. The van der Waals surface area contributed by atoms with Crippen molar-refractivity contribution in [2.45, 2.75) is 44.2 Å². The largest absolute Gasteiger partial charge is 0.384 e. The third-order valence-electron chi connectivity index (χ3n) is 6.56. The second-order valence-corrected chi connectivity index (χ2v) is 8.93. The molecule has 8 heteroatoms. The highest BCUT2D eigenvalue weighted by atomic mass is 16.5. The molecule has 8 nitrogen and oxygen atoms in total. The number of hydrogen-bond donors (Lipinski definition) is 1. The molecule has 1 aliphatic carbocycles. The Kier molecular flexibility index (Phi) is 4.02. The lowest BCUT2D eigenvalue weighted by Crippen LogP contribution is -2.46. The lowest BCUT2D eigenvalue weighted by atomic mass is 9.82. The van der Waals surface area contributed by atoms with Gasteiger partial charge in [0.15, 0.2) is 0 Å². The van der Waals surface area contributed by atoms with Gasteiger partial charge >= 0.3 is 0 Å².